The fraction of sp³-hybridized carbons (Fsp3) is 0.375. The number of hydrogen-bond donors (Lipinski definition) is 1. The molecule has 1 aromatic heterocycles. The third-order valence-electron chi connectivity index (χ3n) is 4.14. The zero-order valence-corrected chi connectivity index (χ0v) is 15.4. The average Bonchev–Trinajstić information content (AvgIpc) is 3.19. The Labute approximate surface area is 151 Å². The average molecular weight is 384 g/mol. The highest BCUT2D eigenvalue weighted by Gasteiger charge is 2.39. The van der Waals surface area contributed by atoms with Crippen LogP contribution in [0.15, 0.2) is 33.7 Å². The number of rotatable bonds is 4. The van der Waals surface area contributed by atoms with E-state index in [1.54, 1.807) is 26.0 Å². The van der Waals surface area contributed by atoms with Gasteiger partial charge in [-0.25, -0.2) is 8.42 Å². The second kappa shape index (κ2) is 6.78. The van der Waals surface area contributed by atoms with Crippen LogP contribution in [0.1, 0.15) is 24.2 Å². The van der Waals surface area contributed by atoms with Crippen molar-refractivity contribution in [2.75, 3.05) is 11.9 Å². The summed E-state index contributed by atoms with van der Waals surface area (Å²) in [7, 11) is -3.82. The largest absolute Gasteiger partial charge is 0.360 e. The summed E-state index contributed by atoms with van der Waals surface area (Å²) in [4.78, 5) is 12.6. The van der Waals surface area contributed by atoms with Crippen molar-refractivity contribution >= 4 is 33.3 Å². The Hall–Kier alpha value is -1.90. The maximum Gasteiger partial charge on any atom is 0.244 e. The quantitative estimate of drug-likeness (QED) is 0.876. The van der Waals surface area contributed by atoms with Crippen LogP contribution < -0.4 is 5.32 Å². The van der Waals surface area contributed by atoms with E-state index in [0.29, 0.717) is 23.6 Å². The van der Waals surface area contributed by atoms with E-state index in [1.165, 1.54) is 16.4 Å². The van der Waals surface area contributed by atoms with E-state index < -0.39 is 22.0 Å². The molecular weight excluding hydrogens is 366 g/mol. The zero-order chi connectivity index (χ0) is 18.2. The molecule has 0 unspecified atom stereocenters. The molecule has 0 radical (unpaired) electrons. The van der Waals surface area contributed by atoms with Gasteiger partial charge in [-0.1, -0.05) is 22.8 Å². The van der Waals surface area contributed by atoms with Crippen LogP contribution in [-0.2, 0) is 14.8 Å². The van der Waals surface area contributed by atoms with Gasteiger partial charge in [0.15, 0.2) is 5.82 Å². The first-order valence-electron chi connectivity index (χ1n) is 7.81. The Balaban J connectivity index is 1.84. The summed E-state index contributed by atoms with van der Waals surface area (Å²) in [5.74, 6) is 0.401. The second-order valence-corrected chi connectivity index (χ2v) is 8.29. The fourth-order valence-corrected chi connectivity index (χ4v) is 4.72. The summed E-state index contributed by atoms with van der Waals surface area (Å²) in [5, 5.41) is 6.68. The molecule has 1 aliphatic heterocycles. The van der Waals surface area contributed by atoms with Gasteiger partial charge in [0.05, 0.1) is 4.90 Å². The number of aromatic nitrogens is 1. The van der Waals surface area contributed by atoms with Crippen LogP contribution in [0.3, 0.4) is 0 Å². The van der Waals surface area contributed by atoms with E-state index in [0.717, 1.165) is 5.56 Å². The molecule has 1 aliphatic rings. The van der Waals surface area contributed by atoms with Crippen LogP contribution in [-0.4, -0.2) is 36.4 Å². The SMILES string of the molecule is Cc1cc(NC(=O)[C@@H]2CCCN2S(=O)(=O)c2ccc(C)c(Cl)c2)no1. The van der Waals surface area contributed by atoms with Gasteiger partial charge in [0.2, 0.25) is 15.9 Å². The first-order chi connectivity index (χ1) is 11.8. The molecule has 3 rings (SSSR count). The highest BCUT2D eigenvalue weighted by molar-refractivity contribution is 7.89. The molecule has 0 aliphatic carbocycles. The number of hydrogen-bond acceptors (Lipinski definition) is 5. The highest BCUT2D eigenvalue weighted by Crippen LogP contribution is 2.29. The van der Waals surface area contributed by atoms with Gasteiger partial charge in [-0.2, -0.15) is 4.31 Å². The summed E-state index contributed by atoms with van der Waals surface area (Å²) in [6, 6.07) is 5.36. The van der Waals surface area contributed by atoms with Crippen LogP contribution in [0.2, 0.25) is 5.02 Å². The Morgan fingerprint density at radius 3 is 2.76 bits per heavy atom. The predicted octanol–water partition coefficient (Wildman–Crippen LogP) is 2.74. The van der Waals surface area contributed by atoms with Crippen molar-refractivity contribution in [2.24, 2.45) is 0 Å². The van der Waals surface area contributed by atoms with Crippen LogP contribution in [0.5, 0.6) is 0 Å². The lowest BCUT2D eigenvalue weighted by Gasteiger charge is -2.23. The normalized spacial score (nSPS) is 18.4. The highest BCUT2D eigenvalue weighted by atomic mass is 35.5. The first kappa shape index (κ1) is 17.9. The third-order valence-corrected chi connectivity index (χ3v) is 6.45. The monoisotopic (exact) mass is 383 g/mol. The van der Waals surface area contributed by atoms with Gasteiger partial charge < -0.3 is 9.84 Å². The molecule has 0 bridgehead atoms. The Morgan fingerprint density at radius 1 is 1.36 bits per heavy atom. The molecule has 1 aromatic carbocycles. The zero-order valence-electron chi connectivity index (χ0n) is 13.8. The topological polar surface area (TPSA) is 92.5 Å². The fourth-order valence-electron chi connectivity index (χ4n) is 2.79. The van der Waals surface area contributed by atoms with Crippen LogP contribution in [0, 0.1) is 13.8 Å². The van der Waals surface area contributed by atoms with Gasteiger partial charge in [0.25, 0.3) is 0 Å². The maximum absolute atomic E-state index is 12.9. The van der Waals surface area contributed by atoms with Crippen LogP contribution in [0.25, 0.3) is 0 Å². The molecule has 0 spiro atoms. The lowest BCUT2D eigenvalue weighted by Crippen LogP contribution is -2.43. The van der Waals surface area contributed by atoms with Gasteiger partial charge in [-0.05, 0) is 44.4 Å². The number of amides is 1. The predicted molar refractivity (Wildman–Crippen MR) is 93.0 cm³/mol. The third kappa shape index (κ3) is 3.56. The number of carbonyl (C=O) groups excluding carboxylic acids is 1. The molecule has 0 saturated carbocycles. The molecular formula is C16H18ClN3O4S. The lowest BCUT2D eigenvalue weighted by atomic mass is 10.2. The summed E-state index contributed by atoms with van der Waals surface area (Å²) >= 11 is 6.05. The van der Waals surface area contributed by atoms with Crippen LogP contribution >= 0.6 is 11.6 Å². The van der Waals surface area contributed by atoms with Gasteiger partial charge in [-0.3, -0.25) is 4.79 Å². The number of nitrogens with one attached hydrogen (secondary N) is 1. The number of halogens is 1. The van der Waals surface area contributed by atoms with Crippen molar-refractivity contribution in [1.29, 1.82) is 0 Å². The maximum atomic E-state index is 12.9. The number of carbonyl (C=O) groups is 1. The summed E-state index contributed by atoms with van der Waals surface area (Å²) in [6.07, 6.45) is 1.05. The van der Waals surface area contributed by atoms with E-state index in [9.17, 15) is 13.2 Å². The minimum Gasteiger partial charge on any atom is -0.360 e. The molecule has 1 N–H and O–H groups in total. The van der Waals surface area contributed by atoms with Gasteiger partial charge in [0.1, 0.15) is 11.8 Å². The van der Waals surface area contributed by atoms with Crippen molar-refractivity contribution in [3.8, 4) is 0 Å². The van der Waals surface area contributed by atoms with Crippen molar-refractivity contribution < 1.29 is 17.7 Å². The standard InChI is InChI=1S/C16H18ClN3O4S/c1-10-5-6-12(9-13(10)17)25(22,23)20-7-3-4-14(20)16(21)18-15-8-11(2)24-19-15/h5-6,8-9,14H,3-4,7H2,1-2H3,(H,18,19,21)/t14-/m0/s1. The van der Waals surface area contributed by atoms with E-state index in [-0.39, 0.29) is 17.3 Å². The molecule has 9 heteroatoms. The molecule has 2 heterocycles. The van der Waals surface area contributed by atoms with Gasteiger partial charge in [-0.15, -0.1) is 0 Å². The molecule has 2 aromatic rings. The van der Waals surface area contributed by atoms with Crippen molar-refractivity contribution in [3.63, 3.8) is 0 Å². The minimum absolute atomic E-state index is 0.0834. The van der Waals surface area contributed by atoms with E-state index in [4.69, 9.17) is 16.1 Å². The molecule has 1 atom stereocenters. The van der Waals surface area contributed by atoms with Gasteiger partial charge >= 0.3 is 0 Å². The number of sulfonamides is 1. The molecule has 1 amide bonds. The van der Waals surface area contributed by atoms with E-state index in [1.807, 2.05) is 0 Å². The van der Waals surface area contributed by atoms with Crippen LogP contribution in [0.4, 0.5) is 5.82 Å². The number of benzene rings is 1. The summed E-state index contributed by atoms with van der Waals surface area (Å²) < 4.78 is 32.0. The Bertz CT molecular complexity index is 910. The lowest BCUT2D eigenvalue weighted by molar-refractivity contribution is -0.119. The minimum atomic E-state index is -3.82. The molecule has 134 valence electrons. The van der Waals surface area contributed by atoms with Crippen molar-refractivity contribution in [1.82, 2.24) is 9.46 Å². The van der Waals surface area contributed by atoms with E-state index in [2.05, 4.69) is 10.5 Å². The smallest absolute Gasteiger partial charge is 0.244 e. The first-order valence-corrected chi connectivity index (χ1v) is 9.63. The second-order valence-electron chi connectivity index (χ2n) is 6.00. The van der Waals surface area contributed by atoms with Crippen molar-refractivity contribution in [2.45, 2.75) is 37.6 Å². The summed E-state index contributed by atoms with van der Waals surface area (Å²) in [6.45, 7) is 3.78. The molecule has 1 fully saturated rings. The molecule has 1 saturated heterocycles. The van der Waals surface area contributed by atoms with Gasteiger partial charge in [0, 0.05) is 17.6 Å². The van der Waals surface area contributed by atoms with E-state index >= 15 is 0 Å². The van der Waals surface area contributed by atoms with Crippen molar-refractivity contribution in [3.05, 3.63) is 40.6 Å². The number of anilines is 1. The Morgan fingerprint density at radius 2 is 2.12 bits per heavy atom. The molecule has 7 nitrogen and oxygen atoms in total. The number of aryl methyl sites for hydroxylation is 2. The summed E-state index contributed by atoms with van der Waals surface area (Å²) in [5.41, 5.74) is 0.790. The number of nitrogens with zero attached hydrogens (tertiary/aromatic N) is 2. The molecule has 25 heavy (non-hydrogen) atoms. The Kier molecular flexibility index (Phi) is 4.86.